The maximum atomic E-state index is 12.8. The molecule has 0 bridgehead atoms. The quantitative estimate of drug-likeness (QED) is 0.917. The van der Waals surface area contributed by atoms with E-state index in [-0.39, 0.29) is 30.3 Å². The van der Waals surface area contributed by atoms with Crippen LogP contribution in [0.5, 0.6) is 0 Å². The highest BCUT2D eigenvalue weighted by molar-refractivity contribution is 5.59. The highest BCUT2D eigenvalue weighted by atomic mass is 19.4. The maximum absolute atomic E-state index is 12.8. The zero-order valence-electron chi connectivity index (χ0n) is 9.11. The second kappa shape index (κ2) is 4.77. The molecule has 2 rings (SSSR count). The van der Waals surface area contributed by atoms with Crippen LogP contribution in [0.1, 0.15) is 11.4 Å². The predicted molar refractivity (Wildman–Crippen MR) is 55.5 cm³/mol. The predicted octanol–water partition coefficient (Wildman–Crippen LogP) is 2.29. The van der Waals surface area contributed by atoms with Crippen molar-refractivity contribution in [1.82, 2.24) is 10.1 Å². The van der Waals surface area contributed by atoms with Crippen LogP contribution in [0, 0.1) is 0 Å². The molecule has 0 aliphatic rings. The highest BCUT2D eigenvalue weighted by Gasteiger charge is 2.34. The molecule has 2 aromatic rings. The molecule has 1 heterocycles. The number of aliphatic hydroxyl groups excluding tert-OH is 1. The van der Waals surface area contributed by atoms with Crippen LogP contribution in [0.4, 0.5) is 13.2 Å². The minimum Gasteiger partial charge on any atom is -0.396 e. The Morgan fingerprint density at radius 2 is 1.94 bits per heavy atom. The Morgan fingerprint density at radius 1 is 1.22 bits per heavy atom. The van der Waals surface area contributed by atoms with Gasteiger partial charge in [-0.15, -0.1) is 0 Å². The average Bonchev–Trinajstić information content (AvgIpc) is 2.77. The first-order chi connectivity index (χ1) is 8.52. The lowest BCUT2D eigenvalue weighted by Gasteiger charge is -2.09. The topological polar surface area (TPSA) is 59.2 Å². The molecule has 0 amide bonds. The number of rotatable bonds is 3. The molecular formula is C11H9F3N2O2. The lowest BCUT2D eigenvalue weighted by atomic mass is 10.1. The monoisotopic (exact) mass is 258 g/mol. The van der Waals surface area contributed by atoms with Crippen molar-refractivity contribution < 1.29 is 22.8 Å². The van der Waals surface area contributed by atoms with Gasteiger partial charge in [-0.25, -0.2) is 0 Å². The van der Waals surface area contributed by atoms with Crippen molar-refractivity contribution in [3.8, 4) is 11.5 Å². The number of nitrogens with zero attached hydrogens (tertiary/aromatic N) is 2. The first-order valence-corrected chi connectivity index (χ1v) is 5.12. The molecule has 0 atom stereocenters. The van der Waals surface area contributed by atoms with E-state index in [1.54, 1.807) is 0 Å². The van der Waals surface area contributed by atoms with E-state index in [9.17, 15) is 13.2 Å². The van der Waals surface area contributed by atoms with Crippen LogP contribution < -0.4 is 0 Å². The third-order valence-electron chi connectivity index (χ3n) is 2.27. The minimum atomic E-state index is -4.48. The molecule has 0 fully saturated rings. The summed E-state index contributed by atoms with van der Waals surface area (Å²) >= 11 is 0. The Hall–Kier alpha value is -1.89. The number of aliphatic hydroxyl groups is 1. The summed E-state index contributed by atoms with van der Waals surface area (Å²) in [7, 11) is 0. The van der Waals surface area contributed by atoms with E-state index < -0.39 is 11.7 Å². The SMILES string of the molecule is OCCc1noc(-c2ccccc2C(F)(F)F)n1. The van der Waals surface area contributed by atoms with Gasteiger partial charge in [-0.3, -0.25) is 0 Å². The van der Waals surface area contributed by atoms with Crippen LogP contribution in [0.25, 0.3) is 11.5 Å². The number of hydrogen-bond acceptors (Lipinski definition) is 4. The van der Waals surface area contributed by atoms with Crippen LogP contribution >= 0.6 is 0 Å². The van der Waals surface area contributed by atoms with E-state index in [0.29, 0.717) is 0 Å². The van der Waals surface area contributed by atoms with Crippen LogP contribution in [0.15, 0.2) is 28.8 Å². The van der Waals surface area contributed by atoms with E-state index in [0.717, 1.165) is 6.07 Å². The van der Waals surface area contributed by atoms with E-state index in [1.807, 2.05) is 0 Å². The molecule has 0 radical (unpaired) electrons. The number of alkyl halides is 3. The molecule has 4 nitrogen and oxygen atoms in total. The molecule has 1 aromatic carbocycles. The van der Waals surface area contributed by atoms with Crippen molar-refractivity contribution in [3.63, 3.8) is 0 Å². The van der Waals surface area contributed by atoms with Gasteiger partial charge < -0.3 is 9.63 Å². The third-order valence-corrected chi connectivity index (χ3v) is 2.27. The fourth-order valence-electron chi connectivity index (χ4n) is 1.48. The lowest BCUT2D eigenvalue weighted by Crippen LogP contribution is -2.07. The van der Waals surface area contributed by atoms with Crippen LogP contribution in [-0.2, 0) is 12.6 Å². The van der Waals surface area contributed by atoms with Gasteiger partial charge in [0.05, 0.1) is 17.7 Å². The highest BCUT2D eigenvalue weighted by Crippen LogP contribution is 2.36. The number of halogens is 3. The molecule has 0 aliphatic carbocycles. The Bertz CT molecular complexity index is 537. The van der Waals surface area contributed by atoms with Gasteiger partial charge in [0.1, 0.15) is 0 Å². The fourth-order valence-corrected chi connectivity index (χ4v) is 1.48. The average molecular weight is 258 g/mol. The zero-order chi connectivity index (χ0) is 13.2. The molecule has 18 heavy (non-hydrogen) atoms. The molecule has 0 spiro atoms. The summed E-state index contributed by atoms with van der Waals surface area (Å²) in [5.74, 6) is -0.0316. The molecule has 96 valence electrons. The lowest BCUT2D eigenvalue weighted by molar-refractivity contribution is -0.137. The van der Waals surface area contributed by atoms with Gasteiger partial charge in [-0.05, 0) is 12.1 Å². The Kier molecular flexibility index (Phi) is 3.33. The molecule has 0 aliphatic heterocycles. The van der Waals surface area contributed by atoms with Gasteiger partial charge in [-0.2, -0.15) is 18.2 Å². The largest absolute Gasteiger partial charge is 0.417 e. The first-order valence-electron chi connectivity index (χ1n) is 5.12. The van der Waals surface area contributed by atoms with Crippen molar-refractivity contribution in [2.45, 2.75) is 12.6 Å². The van der Waals surface area contributed by atoms with Crippen molar-refractivity contribution in [2.24, 2.45) is 0 Å². The van der Waals surface area contributed by atoms with Crippen molar-refractivity contribution in [3.05, 3.63) is 35.7 Å². The molecule has 7 heteroatoms. The standard InChI is InChI=1S/C11H9F3N2O2/c12-11(13,14)8-4-2-1-3-7(8)10-15-9(5-6-17)16-18-10/h1-4,17H,5-6H2. The first kappa shape index (κ1) is 12.6. The molecule has 1 N–H and O–H groups in total. The summed E-state index contributed by atoms with van der Waals surface area (Å²) in [6, 6.07) is 4.96. The Morgan fingerprint density at radius 3 is 2.61 bits per heavy atom. The molecule has 0 saturated heterocycles. The third kappa shape index (κ3) is 2.51. The smallest absolute Gasteiger partial charge is 0.396 e. The van der Waals surface area contributed by atoms with Crippen molar-refractivity contribution >= 4 is 0 Å². The van der Waals surface area contributed by atoms with E-state index in [1.165, 1.54) is 18.2 Å². The fraction of sp³-hybridized carbons (Fsp3) is 0.273. The second-order valence-electron chi connectivity index (χ2n) is 3.53. The summed E-state index contributed by atoms with van der Waals surface area (Å²) in [5, 5.41) is 12.2. The van der Waals surface area contributed by atoms with Crippen molar-refractivity contribution in [1.29, 1.82) is 0 Å². The summed E-state index contributed by atoms with van der Waals surface area (Å²) in [6.45, 7) is -0.195. The number of hydrogen-bond donors (Lipinski definition) is 1. The van der Waals surface area contributed by atoms with Gasteiger partial charge >= 0.3 is 6.18 Å². The van der Waals surface area contributed by atoms with Gasteiger partial charge in [-0.1, -0.05) is 17.3 Å². The van der Waals surface area contributed by atoms with E-state index >= 15 is 0 Å². The van der Waals surface area contributed by atoms with Gasteiger partial charge in [0.2, 0.25) is 0 Å². The Labute approximate surface area is 100 Å². The second-order valence-corrected chi connectivity index (χ2v) is 3.53. The maximum Gasteiger partial charge on any atom is 0.417 e. The molecule has 0 unspecified atom stereocenters. The minimum absolute atomic E-state index is 0.137. The molecule has 1 aromatic heterocycles. The van der Waals surface area contributed by atoms with Gasteiger partial charge in [0, 0.05) is 6.42 Å². The summed E-state index contributed by atoms with van der Waals surface area (Å²) in [5.41, 5.74) is -0.995. The number of benzene rings is 1. The van der Waals surface area contributed by atoms with Crippen LogP contribution in [0.2, 0.25) is 0 Å². The summed E-state index contributed by atoms with van der Waals surface area (Å²) in [4.78, 5) is 3.81. The van der Waals surface area contributed by atoms with Crippen molar-refractivity contribution in [2.75, 3.05) is 6.61 Å². The van der Waals surface area contributed by atoms with Gasteiger partial charge in [0.15, 0.2) is 5.82 Å². The summed E-state index contributed by atoms with van der Waals surface area (Å²) in [6.07, 6.45) is -4.35. The molecule has 0 saturated carbocycles. The normalized spacial score (nSPS) is 11.8. The number of aromatic nitrogens is 2. The van der Waals surface area contributed by atoms with E-state index in [2.05, 4.69) is 10.1 Å². The van der Waals surface area contributed by atoms with E-state index in [4.69, 9.17) is 9.63 Å². The van der Waals surface area contributed by atoms with Gasteiger partial charge in [0.25, 0.3) is 5.89 Å². The summed E-state index contributed by atoms with van der Waals surface area (Å²) < 4.78 is 43.0. The van der Waals surface area contributed by atoms with Crippen LogP contribution in [-0.4, -0.2) is 21.9 Å². The zero-order valence-corrected chi connectivity index (χ0v) is 9.11. The Balaban J connectivity index is 2.43. The molecular weight excluding hydrogens is 249 g/mol. The van der Waals surface area contributed by atoms with Crippen LogP contribution in [0.3, 0.4) is 0 Å².